The summed E-state index contributed by atoms with van der Waals surface area (Å²) < 4.78 is 0. The Labute approximate surface area is 119 Å². The highest BCUT2D eigenvalue weighted by Crippen LogP contribution is 2.28. The van der Waals surface area contributed by atoms with Gasteiger partial charge in [0.25, 0.3) is 5.91 Å². The van der Waals surface area contributed by atoms with E-state index in [0.29, 0.717) is 23.8 Å². The smallest absolute Gasteiger partial charge is 0.322 e. The van der Waals surface area contributed by atoms with Crippen LogP contribution >= 0.6 is 0 Å². The fourth-order valence-corrected chi connectivity index (χ4v) is 2.75. The molecule has 1 aromatic rings. The number of aryl methyl sites for hydroxylation is 1. The molecule has 5 nitrogen and oxygen atoms in total. The zero-order valence-corrected chi connectivity index (χ0v) is 11.9. The van der Waals surface area contributed by atoms with E-state index in [2.05, 4.69) is 5.32 Å². The molecule has 1 aliphatic heterocycles. The zero-order valence-electron chi connectivity index (χ0n) is 11.9. The van der Waals surface area contributed by atoms with Crippen molar-refractivity contribution >= 4 is 11.9 Å². The number of carbonyl (C=O) groups is 2. The molecule has 0 saturated carbocycles. The van der Waals surface area contributed by atoms with Crippen LogP contribution in [0.25, 0.3) is 0 Å². The number of hydrogen-bond acceptors (Lipinski definition) is 3. The first-order chi connectivity index (χ1) is 9.44. The van der Waals surface area contributed by atoms with Crippen LogP contribution < -0.4 is 11.2 Å². The van der Waals surface area contributed by atoms with Gasteiger partial charge in [0.1, 0.15) is 5.54 Å². The van der Waals surface area contributed by atoms with Gasteiger partial charge in [0.05, 0.1) is 0 Å². The average molecular weight is 275 g/mol. The van der Waals surface area contributed by atoms with Gasteiger partial charge >= 0.3 is 6.03 Å². The van der Waals surface area contributed by atoms with Crippen LogP contribution in [0.15, 0.2) is 30.3 Å². The summed E-state index contributed by atoms with van der Waals surface area (Å²) in [6.07, 6.45) is 1.89. The predicted molar refractivity (Wildman–Crippen MR) is 76.5 cm³/mol. The second-order valence-electron chi connectivity index (χ2n) is 5.77. The third-order valence-electron chi connectivity index (χ3n) is 3.63. The topological polar surface area (TPSA) is 75.4 Å². The molecule has 0 aliphatic carbocycles. The standard InChI is InChI=1S/C15H21N3O2/c1-11(2)10-15(13(19)18(16)14(20)17-15)9-8-12-6-4-3-5-7-12/h3-7,11H,8-10,16H2,1-2H3,(H,17,20)/t15-/m1/s1. The van der Waals surface area contributed by atoms with E-state index in [4.69, 9.17) is 5.84 Å². The average Bonchev–Trinajstić information content (AvgIpc) is 2.62. The first-order valence-corrected chi connectivity index (χ1v) is 6.90. The van der Waals surface area contributed by atoms with Crippen molar-refractivity contribution < 1.29 is 9.59 Å². The molecule has 20 heavy (non-hydrogen) atoms. The molecule has 108 valence electrons. The number of rotatable bonds is 5. The summed E-state index contributed by atoms with van der Waals surface area (Å²) in [4.78, 5) is 24.0. The SMILES string of the molecule is CC(C)C[C@@]1(CCc2ccccc2)NC(=O)N(N)C1=O. The van der Waals surface area contributed by atoms with Gasteiger partial charge in [-0.1, -0.05) is 44.2 Å². The number of carbonyl (C=O) groups excluding carboxylic acids is 2. The Morgan fingerprint density at radius 3 is 2.40 bits per heavy atom. The molecule has 1 aromatic carbocycles. The number of benzene rings is 1. The van der Waals surface area contributed by atoms with Crippen molar-refractivity contribution in [2.24, 2.45) is 11.8 Å². The van der Waals surface area contributed by atoms with Gasteiger partial charge in [-0.2, -0.15) is 5.01 Å². The number of amides is 3. The Morgan fingerprint density at radius 1 is 1.25 bits per heavy atom. The molecular formula is C15H21N3O2. The van der Waals surface area contributed by atoms with Crippen LogP contribution in [0.2, 0.25) is 0 Å². The maximum absolute atomic E-state index is 12.3. The summed E-state index contributed by atoms with van der Waals surface area (Å²) in [5.74, 6) is 5.48. The molecule has 0 radical (unpaired) electrons. The lowest BCUT2D eigenvalue weighted by Crippen LogP contribution is -2.49. The normalized spacial score (nSPS) is 22.5. The molecule has 1 saturated heterocycles. The zero-order chi connectivity index (χ0) is 14.8. The molecule has 1 atom stereocenters. The van der Waals surface area contributed by atoms with E-state index in [9.17, 15) is 9.59 Å². The molecule has 0 aromatic heterocycles. The number of urea groups is 1. The lowest BCUT2D eigenvalue weighted by atomic mass is 9.83. The Morgan fingerprint density at radius 2 is 1.90 bits per heavy atom. The number of nitrogens with zero attached hydrogens (tertiary/aromatic N) is 1. The molecule has 2 rings (SSSR count). The van der Waals surface area contributed by atoms with E-state index >= 15 is 0 Å². The van der Waals surface area contributed by atoms with E-state index < -0.39 is 11.6 Å². The second-order valence-corrected chi connectivity index (χ2v) is 5.77. The van der Waals surface area contributed by atoms with Crippen molar-refractivity contribution in [3.8, 4) is 0 Å². The molecular weight excluding hydrogens is 254 g/mol. The minimum absolute atomic E-state index is 0.293. The van der Waals surface area contributed by atoms with E-state index in [1.54, 1.807) is 0 Å². The Balaban J connectivity index is 2.16. The second kappa shape index (κ2) is 5.63. The first kappa shape index (κ1) is 14.5. The summed E-state index contributed by atoms with van der Waals surface area (Å²) in [5.41, 5.74) is 0.281. The van der Waals surface area contributed by atoms with Gasteiger partial charge in [-0.05, 0) is 30.7 Å². The minimum atomic E-state index is -0.865. The van der Waals surface area contributed by atoms with E-state index in [1.807, 2.05) is 44.2 Å². The number of hydrazine groups is 1. The van der Waals surface area contributed by atoms with Gasteiger partial charge in [-0.3, -0.25) is 4.79 Å². The van der Waals surface area contributed by atoms with Crippen LogP contribution in [0.5, 0.6) is 0 Å². The van der Waals surface area contributed by atoms with E-state index in [0.717, 1.165) is 12.0 Å². The Bertz CT molecular complexity index is 501. The van der Waals surface area contributed by atoms with Crippen molar-refractivity contribution in [3.63, 3.8) is 0 Å². The quantitative estimate of drug-likeness (QED) is 0.489. The van der Waals surface area contributed by atoms with Gasteiger partial charge in [0.2, 0.25) is 0 Å². The number of hydrogen-bond donors (Lipinski definition) is 2. The lowest BCUT2D eigenvalue weighted by molar-refractivity contribution is -0.132. The van der Waals surface area contributed by atoms with Crippen LogP contribution in [-0.2, 0) is 11.2 Å². The largest absolute Gasteiger partial charge is 0.339 e. The van der Waals surface area contributed by atoms with Crippen molar-refractivity contribution in [1.29, 1.82) is 0 Å². The van der Waals surface area contributed by atoms with Crippen LogP contribution in [0, 0.1) is 5.92 Å². The molecule has 1 fully saturated rings. The summed E-state index contributed by atoms with van der Waals surface area (Å²) >= 11 is 0. The summed E-state index contributed by atoms with van der Waals surface area (Å²) in [7, 11) is 0. The molecule has 5 heteroatoms. The van der Waals surface area contributed by atoms with Gasteiger partial charge in [-0.25, -0.2) is 10.6 Å². The Kier molecular flexibility index (Phi) is 4.09. The monoisotopic (exact) mass is 275 g/mol. The number of nitrogens with two attached hydrogens (primary N) is 1. The van der Waals surface area contributed by atoms with Gasteiger partial charge in [0, 0.05) is 0 Å². The summed E-state index contributed by atoms with van der Waals surface area (Å²) in [6, 6.07) is 9.42. The molecule has 1 aliphatic rings. The van der Waals surface area contributed by atoms with Crippen LogP contribution in [-0.4, -0.2) is 22.5 Å². The maximum atomic E-state index is 12.3. The van der Waals surface area contributed by atoms with E-state index in [-0.39, 0.29) is 5.91 Å². The predicted octanol–water partition coefficient (Wildman–Crippen LogP) is 1.83. The van der Waals surface area contributed by atoms with E-state index in [1.165, 1.54) is 0 Å². The number of nitrogens with one attached hydrogen (secondary N) is 1. The Hall–Kier alpha value is -1.88. The number of imide groups is 1. The van der Waals surface area contributed by atoms with Crippen molar-refractivity contribution in [1.82, 2.24) is 10.3 Å². The molecule has 0 bridgehead atoms. The van der Waals surface area contributed by atoms with Crippen molar-refractivity contribution in [3.05, 3.63) is 35.9 Å². The molecule has 3 amide bonds. The highest BCUT2D eigenvalue weighted by atomic mass is 16.2. The summed E-state index contributed by atoms with van der Waals surface area (Å²) in [5, 5.41) is 3.48. The van der Waals surface area contributed by atoms with Crippen molar-refractivity contribution in [2.45, 2.75) is 38.6 Å². The summed E-state index contributed by atoms with van der Waals surface area (Å²) in [6.45, 7) is 4.06. The van der Waals surface area contributed by atoms with Crippen molar-refractivity contribution in [2.75, 3.05) is 0 Å². The fraction of sp³-hybridized carbons (Fsp3) is 0.467. The maximum Gasteiger partial charge on any atom is 0.339 e. The minimum Gasteiger partial charge on any atom is -0.322 e. The lowest BCUT2D eigenvalue weighted by Gasteiger charge is -2.28. The third kappa shape index (κ3) is 2.82. The van der Waals surface area contributed by atoms with Gasteiger partial charge < -0.3 is 5.32 Å². The molecule has 0 spiro atoms. The highest BCUT2D eigenvalue weighted by Gasteiger charge is 2.50. The molecule has 1 heterocycles. The molecule has 3 N–H and O–H groups in total. The van der Waals surface area contributed by atoms with Crippen LogP contribution in [0.4, 0.5) is 4.79 Å². The van der Waals surface area contributed by atoms with Crippen LogP contribution in [0.3, 0.4) is 0 Å². The third-order valence-corrected chi connectivity index (χ3v) is 3.63. The molecule has 0 unspecified atom stereocenters. The van der Waals surface area contributed by atoms with Gasteiger partial charge in [0.15, 0.2) is 0 Å². The van der Waals surface area contributed by atoms with Crippen LogP contribution in [0.1, 0.15) is 32.3 Å². The fourth-order valence-electron chi connectivity index (χ4n) is 2.75. The highest BCUT2D eigenvalue weighted by molar-refractivity contribution is 6.06. The first-order valence-electron chi connectivity index (χ1n) is 6.90. The van der Waals surface area contributed by atoms with Gasteiger partial charge in [-0.15, -0.1) is 0 Å².